The first kappa shape index (κ1) is 10.5. The van der Waals surface area contributed by atoms with E-state index in [0.717, 1.165) is 5.56 Å². The lowest BCUT2D eigenvalue weighted by molar-refractivity contribution is 1.26. The molecule has 14 heavy (non-hydrogen) atoms. The summed E-state index contributed by atoms with van der Waals surface area (Å²) in [4.78, 5) is 4.23. The van der Waals surface area contributed by atoms with E-state index in [-0.39, 0.29) is 0 Å². The minimum atomic E-state index is 0.671. The minimum Gasteiger partial charge on any atom is -0.288 e. The van der Waals surface area contributed by atoms with Crippen LogP contribution in [0, 0.1) is 0 Å². The van der Waals surface area contributed by atoms with Gasteiger partial charge in [0, 0.05) is 6.21 Å². The standard InChI is InChI=1S/C13H15N/c1-3-7-12-8-5-6-9-13(12)11-14-10-4-2/h3-9,11H,2,10H2,1H3/b7-3+,14-11?. The van der Waals surface area contributed by atoms with E-state index in [1.165, 1.54) is 5.56 Å². The van der Waals surface area contributed by atoms with Crippen LogP contribution in [0.15, 0.2) is 48.0 Å². The zero-order valence-corrected chi connectivity index (χ0v) is 8.48. The second-order valence-electron chi connectivity index (χ2n) is 2.91. The van der Waals surface area contributed by atoms with Crippen LogP contribution in [-0.2, 0) is 0 Å². The van der Waals surface area contributed by atoms with E-state index in [1.807, 2.05) is 31.3 Å². The molecule has 1 heteroatoms. The number of aliphatic imine (C=N–C) groups is 1. The van der Waals surface area contributed by atoms with Gasteiger partial charge < -0.3 is 0 Å². The molecule has 1 aromatic rings. The first-order valence-electron chi connectivity index (χ1n) is 4.71. The Balaban J connectivity index is 2.89. The topological polar surface area (TPSA) is 12.4 Å². The van der Waals surface area contributed by atoms with Gasteiger partial charge in [-0.1, -0.05) is 42.5 Å². The quantitative estimate of drug-likeness (QED) is 0.504. The summed E-state index contributed by atoms with van der Waals surface area (Å²) in [7, 11) is 0. The van der Waals surface area contributed by atoms with Gasteiger partial charge in [0.1, 0.15) is 0 Å². The summed E-state index contributed by atoms with van der Waals surface area (Å²) in [6, 6.07) is 8.18. The maximum absolute atomic E-state index is 4.23. The van der Waals surface area contributed by atoms with Crippen molar-refractivity contribution in [1.29, 1.82) is 0 Å². The van der Waals surface area contributed by atoms with Crippen LogP contribution in [0.4, 0.5) is 0 Å². The Hall–Kier alpha value is -1.63. The zero-order valence-electron chi connectivity index (χ0n) is 8.48. The van der Waals surface area contributed by atoms with Gasteiger partial charge in [0.05, 0.1) is 6.54 Å². The number of benzene rings is 1. The van der Waals surface area contributed by atoms with Crippen LogP contribution in [-0.4, -0.2) is 12.8 Å². The number of hydrogen-bond donors (Lipinski definition) is 0. The van der Waals surface area contributed by atoms with Crippen molar-refractivity contribution >= 4 is 12.3 Å². The van der Waals surface area contributed by atoms with E-state index in [4.69, 9.17) is 0 Å². The summed E-state index contributed by atoms with van der Waals surface area (Å²) in [5.74, 6) is 0. The highest BCUT2D eigenvalue weighted by Gasteiger charge is 1.92. The molecule has 0 aromatic heterocycles. The summed E-state index contributed by atoms with van der Waals surface area (Å²) in [6.45, 7) is 6.31. The maximum atomic E-state index is 4.23. The third kappa shape index (κ3) is 3.02. The predicted molar refractivity (Wildman–Crippen MR) is 63.8 cm³/mol. The van der Waals surface area contributed by atoms with Gasteiger partial charge in [0.2, 0.25) is 0 Å². The van der Waals surface area contributed by atoms with Crippen LogP contribution in [0.2, 0.25) is 0 Å². The molecule has 0 atom stereocenters. The summed E-state index contributed by atoms with van der Waals surface area (Å²) in [6.07, 6.45) is 7.78. The van der Waals surface area contributed by atoms with Gasteiger partial charge in [-0.05, 0) is 18.1 Å². The van der Waals surface area contributed by atoms with Gasteiger partial charge in [0.15, 0.2) is 0 Å². The first-order chi connectivity index (χ1) is 6.88. The Kier molecular flexibility index (Phi) is 4.42. The molecule has 1 nitrogen and oxygen atoms in total. The summed E-state index contributed by atoms with van der Waals surface area (Å²) in [5, 5.41) is 0. The van der Waals surface area contributed by atoms with E-state index >= 15 is 0 Å². The molecule has 0 spiro atoms. The van der Waals surface area contributed by atoms with Crippen molar-refractivity contribution < 1.29 is 0 Å². The molecule has 0 aliphatic heterocycles. The average molecular weight is 185 g/mol. The van der Waals surface area contributed by atoms with E-state index in [1.54, 1.807) is 6.08 Å². The molecule has 0 heterocycles. The molecule has 1 aromatic carbocycles. The molecular formula is C13H15N. The van der Waals surface area contributed by atoms with Crippen molar-refractivity contribution in [2.45, 2.75) is 6.92 Å². The van der Waals surface area contributed by atoms with Crippen LogP contribution >= 0.6 is 0 Å². The van der Waals surface area contributed by atoms with Gasteiger partial charge in [-0.3, -0.25) is 4.99 Å². The summed E-state index contributed by atoms with van der Waals surface area (Å²) >= 11 is 0. The minimum absolute atomic E-state index is 0.671. The van der Waals surface area contributed by atoms with Gasteiger partial charge in [-0.25, -0.2) is 0 Å². The fourth-order valence-electron chi connectivity index (χ4n) is 1.19. The molecule has 0 saturated heterocycles. The fraction of sp³-hybridized carbons (Fsp3) is 0.154. The van der Waals surface area contributed by atoms with E-state index < -0.39 is 0 Å². The van der Waals surface area contributed by atoms with Gasteiger partial charge in [-0.2, -0.15) is 0 Å². The lowest BCUT2D eigenvalue weighted by atomic mass is 10.1. The molecule has 0 radical (unpaired) electrons. The third-order valence-electron chi connectivity index (χ3n) is 1.81. The largest absolute Gasteiger partial charge is 0.288 e. The SMILES string of the molecule is C=CCN=Cc1ccccc1/C=C/C. The van der Waals surface area contributed by atoms with Crippen molar-refractivity contribution in [3.05, 3.63) is 54.1 Å². The van der Waals surface area contributed by atoms with Crippen LogP contribution in [0.5, 0.6) is 0 Å². The van der Waals surface area contributed by atoms with E-state index in [0.29, 0.717) is 6.54 Å². The molecule has 0 aliphatic rings. The molecule has 1 rings (SSSR count). The van der Waals surface area contributed by atoms with Crippen molar-refractivity contribution in [3.8, 4) is 0 Å². The van der Waals surface area contributed by atoms with Crippen LogP contribution in [0.3, 0.4) is 0 Å². The smallest absolute Gasteiger partial charge is 0.0567 e. The van der Waals surface area contributed by atoms with Crippen molar-refractivity contribution in [3.63, 3.8) is 0 Å². The molecule has 0 aliphatic carbocycles. The van der Waals surface area contributed by atoms with Crippen molar-refractivity contribution in [2.75, 3.05) is 6.54 Å². The Labute approximate surface area is 85.5 Å². The Morgan fingerprint density at radius 2 is 2.00 bits per heavy atom. The molecule has 0 N–H and O–H groups in total. The Morgan fingerprint density at radius 1 is 1.29 bits per heavy atom. The third-order valence-corrected chi connectivity index (χ3v) is 1.81. The predicted octanol–water partition coefficient (Wildman–Crippen LogP) is 3.32. The average Bonchev–Trinajstić information content (AvgIpc) is 2.21. The highest BCUT2D eigenvalue weighted by Crippen LogP contribution is 2.08. The molecule has 0 bridgehead atoms. The molecule has 0 saturated carbocycles. The van der Waals surface area contributed by atoms with Crippen LogP contribution in [0.1, 0.15) is 18.1 Å². The van der Waals surface area contributed by atoms with Gasteiger partial charge >= 0.3 is 0 Å². The zero-order chi connectivity index (χ0) is 10.2. The van der Waals surface area contributed by atoms with Crippen molar-refractivity contribution in [1.82, 2.24) is 0 Å². The maximum Gasteiger partial charge on any atom is 0.0567 e. The summed E-state index contributed by atoms with van der Waals surface area (Å²) < 4.78 is 0. The molecule has 72 valence electrons. The van der Waals surface area contributed by atoms with Gasteiger partial charge in [-0.15, -0.1) is 6.58 Å². The van der Waals surface area contributed by atoms with Crippen LogP contribution in [0.25, 0.3) is 6.08 Å². The number of nitrogens with zero attached hydrogens (tertiary/aromatic N) is 1. The Morgan fingerprint density at radius 3 is 2.64 bits per heavy atom. The van der Waals surface area contributed by atoms with Crippen molar-refractivity contribution in [2.24, 2.45) is 4.99 Å². The second kappa shape index (κ2) is 5.92. The monoisotopic (exact) mass is 185 g/mol. The molecule has 0 fully saturated rings. The van der Waals surface area contributed by atoms with E-state index in [9.17, 15) is 0 Å². The lowest BCUT2D eigenvalue weighted by Gasteiger charge is -1.98. The Bertz CT molecular complexity index is 348. The number of allylic oxidation sites excluding steroid dienone is 1. The van der Waals surface area contributed by atoms with Crippen LogP contribution < -0.4 is 0 Å². The lowest BCUT2D eigenvalue weighted by Crippen LogP contribution is -1.86. The molecular weight excluding hydrogens is 170 g/mol. The fourth-order valence-corrected chi connectivity index (χ4v) is 1.19. The molecule has 0 amide bonds. The van der Waals surface area contributed by atoms with E-state index in [2.05, 4.69) is 29.8 Å². The molecule has 0 unspecified atom stereocenters. The highest BCUT2D eigenvalue weighted by molar-refractivity contribution is 5.85. The number of rotatable bonds is 4. The van der Waals surface area contributed by atoms with Gasteiger partial charge in [0.25, 0.3) is 0 Å². The first-order valence-corrected chi connectivity index (χ1v) is 4.71. The normalized spacial score (nSPS) is 11.2. The second-order valence-corrected chi connectivity index (χ2v) is 2.91. The summed E-state index contributed by atoms with van der Waals surface area (Å²) in [5.41, 5.74) is 2.34. The highest BCUT2D eigenvalue weighted by atomic mass is 14.7. The number of hydrogen-bond acceptors (Lipinski definition) is 1.